The molecule has 4 aromatic carbocycles. The van der Waals surface area contributed by atoms with Crippen LogP contribution in [0.3, 0.4) is 0 Å². The second-order valence-corrected chi connectivity index (χ2v) is 9.91. The molecule has 0 fully saturated rings. The van der Waals surface area contributed by atoms with Gasteiger partial charge in [-0.15, -0.1) is 10.2 Å². The molecule has 3 N–H and O–H groups in total. The Kier molecular flexibility index (Phi) is 7.96. The maximum absolute atomic E-state index is 13.1. The van der Waals surface area contributed by atoms with Crippen molar-refractivity contribution < 1.29 is 27.6 Å². The van der Waals surface area contributed by atoms with E-state index in [9.17, 15) is 22.9 Å². The molecule has 4 rings (SSSR count). The smallest absolute Gasteiger partial charge is 0.296 e. The van der Waals surface area contributed by atoms with Crippen LogP contribution in [0.1, 0.15) is 29.8 Å². The number of halogens is 1. The minimum Gasteiger partial charge on any atom is -0.505 e. The van der Waals surface area contributed by atoms with E-state index in [0.29, 0.717) is 40.8 Å². The molecule has 38 heavy (non-hydrogen) atoms. The standard InChI is InChI=1S/C27H24ClN3O6S/c1-3-16-9-14-22(23(28)26(16)38(34,35)36)30-31-24-20-8-6-5-7-17(20)15-21(25(24)32)27(33)29-18-10-12-19(13-11-18)37-4-2/h5-15,32H,3-4H2,1-2H3,(H,29,33)(H,34,35,36). The van der Waals surface area contributed by atoms with Gasteiger partial charge in [0.1, 0.15) is 22.0 Å². The van der Waals surface area contributed by atoms with Gasteiger partial charge < -0.3 is 15.2 Å². The number of carbonyl (C=O) groups is 1. The molecule has 11 heteroatoms. The molecule has 0 radical (unpaired) electrons. The third kappa shape index (κ3) is 5.62. The highest BCUT2D eigenvalue weighted by Crippen LogP contribution is 2.41. The lowest BCUT2D eigenvalue weighted by Gasteiger charge is -2.12. The van der Waals surface area contributed by atoms with E-state index in [1.807, 2.05) is 6.92 Å². The zero-order chi connectivity index (χ0) is 27.4. The zero-order valence-electron chi connectivity index (χ0n) is 20.5. The lowest BCUT2D eigenvalue weighted by molar-refractivity contribution is 0.102. The van der Waals surface area contributed by atoms with Crippen LogP contribution in [-0.2, 0) is 16.5 Å². The molecular weight excluding hydrogens is 530 g/mol. The molecule has 0 aliphatic heterocycles. The highest BCUT2D eigenvalue weighted by atomic mass is 35.5. The van der Waals surface area contributed by atoms with E-state index in [-0.39, 0.29) is 22.0 Å². The third-order valence-corrected chi connectivity index (χ3v) is 7.19. The van der Waals surface area contributed by atoms with Crippen LogP contribution in [0.25, 0.3) is 10.8 Å². The van der Waals surface area contributed by atoms with Gasteiger partial charge in [0.05, 0.1) is 17.2 Å². The summed E-state index contributed by atoms with van der Waals surface area (Å²) in [6.07, 6.45) is 0.309. The third-order valence-electron chi connectivity index (χ3n) is 5.72. The summed E-state index contributed by atoms with van der Waals surface area (Å²) in [6.45, 7) is 4.10. The Morgan fingerprint density at radius 3 is 2.39 bits per heavy atom. The molecule has 0 saturated heterocycles. The highest BCUT2D eigenvalue weighted by molar-refractivity contribution is 7.86. The summed E-state index contributed by atoms with van der Waals surface area (Å²) in [5.41, 5.74) is 0.721. The number of amides is 1. The van der Waals surface area contributed by atoms with Gasteiger partial charge in [0.25, 0.3) is 16.0 Å². The van der Waals surface area contributed by atoms with Crippen LogP contribution in [-0.4, -0.2) is 30.6 Å². The molecule has 0 spiro atoms. The molecule has 1 amide bonds. The van der Waals surface area contributed by atoms with Crippen LogP contribution in [0, 0.1) is 0 Å². The fourth-order valence-corrected chi connectivity index (χ4v) is 5.30. The van der Waals surface area contributed by atoms with E-state index in [1.165, 1.54) is 18.2 Å². The first kappa shape index (κ1) is 27.1. The Morgan fingerprint density at radius 1 is 1.03 bits per heavy atom. The monoisotopic (exact) mass is 553 g/mol. The average Bonchev–Trinajstić information content (AvgIpc) is 2.88. The number of rotatable bonds is 8. The Labute approximate surface area is 224 Å². The number of fused-ring (bicyclic) bond motifs is 1. The predicted molar refractivity (Wildman–Crippen MR) is 146 cm³/mol. The first-order valence-electron chi connectivity index (χ1n) is 11.6. The summed E-state index contributed by atoms with van der Waals surface area (Å²) in [4.78, 5) is 12.7. The summed E-state index contributed by atoms with van der Waals surface area (Å²) in [7, 11) is -4.62. The fourth-order valence-electron chi connectivity index (χ4n) is 3.92. The van der Waals surface area contributed by atoms with Gasteiger partial charge in [-0.05, 0) is 60.7 Å². The van der Waals surface area contributed by atoms with Gasteiger partial charge in [-0.2, -0.15) is 8.42 Å². The fraction of sp³-hybridized carbons (Fsp3) is 0.148. The summed E-state index contributed by atoms with van der Waals surface area (Å²) in [5.74, 6) is -0.343. The molecule has 0 unspecified atom stereocenters. The zero-order valence-corrected chi connectivity index (χ0v) is 22.0. The first-order chi connectivity index (χ1) is 18.1. The van der Waals surface area contributed by atoms with Gasteiger partial charge in [-0.3, -0.25) is 9.35 Å². The van der Waals surface area contributed by atoms with E-state index < -0.39 is 26.7 Å². The normalized spacial score (nSPS) is 11.7. The molecule has 0 heterocycles. The number of hydrogen-bond donors (Lipinski definition) is 3. The first-order valence-corrected chi connectivity index (χ1v) is 13.4. The van der Waals surface area contributed by atoms with Crippen LogP contribution >= 0.6 is 11.6 Å². The summed E-state index contributed by atoms with van der Waals surface area (Å²) in [5, 5.41) is 22.8. The number of hydrogen-bond acceptors (Lipinski definition) is 7. The molecule has 0 aliphatic rings. The summed E-state index contributed by atoms with van der Waals surface area (Å²) in [6, 6.07) is 18.2. The lowest BCUT2D eigenvalue weighted by atomic mass is 10.0. The van der Waals surface area contributed by atoms with Gasteiger partial charge in [0.15, 0.2) is 5.75 Å². The number of phenolic OH excluding ortho intramolecular Hbond substituents is 1. The van der Waals surface area contributed by atoms with Gasteiger partial charge in [-0.1, -0.05) is 48.9 Å². The topological polar surface area (TPSA) is 138 Å². The van der Waals surface area contributed by atoms with Crippen LogP contribution in [0.5, 0.6) is 11.5 Å². The van der Waals surface area contributed by atoms with E-state index in [1.54, 1.807) is 55.5 Å². The predicted octanol–water partition coefficient (Wildman–Crippen LogP) is 7.07. The number of aryl methyl sites for hydroxylation is 1. The number of benzene rings is 4. The Balaban J connectivity index is 1.76. The highest BCUT2D eigenvalue weighted by Gasteiger charge is 2.22. The molecule has 4 aromatic rings. The van der Waals surface area contributed by atoms with Crippen LogP contribution < -0.4 is 10.1 Å². The number of carbonyl (C=O) groups excluding carboxylic acids is 1. The van der Waals surface area contributed by atoms with Crippen molar-refractivity contribution >= 4 is 55.5 Å². The second kappa shape index (κ2) is 11.2. The van der Waals surface area contributed by atoms with Crippen molar-refractivity contribution in [1.82, 2.24) is 0 Å². The molecule has 196 valence electrons. The van der Waals surface area contributed by atoms with Crippen molar-refractivity contribution in [3.05, 3.63) is 82.9 Å². The Morgan fingerprint density at radius 2 is 1.74 bits per heavy atom. The minimum atomic E-state index is -4.62. The molecule has 0 bridgehead atoms. The number of azo groups is 1. The summed E-state index contributed by atoms with van der Waals surface area (Å²) >= 11 is 6.28. The Bertz CT molecular complexity index is 1650. The van der Waals surface area contributed by atoms with Crippen molar-refractivity contribution in [2.75, 3.05) is 11.9 Å². The number of aromatic hydroxyl groups is 1. The molecule has 0 aliphatic carbocycles. The minimum absolute atomic E-state index is 0.0102. The number of phenols is 1. The Hall–Kier alpha value is -3.99. The largest absolute Gasteiger partial charge is 0.505 e. The van der Waals surface area contributed by atoms with Gasteiger partial charge in [0, 0.05) is 11.1 Å². The average molecular weight is 554 g/mol. The number of nitrogens with one attached hydrogen (secondary N) is 1. The van der Waals surface area contributed by atoms with E-state index >= 15 is 0 Å². The molecule has 0 saturated carbocycles. The van der Waals surface area contributed by atoms with Gasteiger partial charge in [0.2, 0.25) is 0 Å². The maximum atomic E-state index is 13.1. The van der Waals surface area contributed by atoms with Crippen LogP contribution in [0.4, 0.5) is 17.1 Å². The van der Waals surface area contributed by atoms with E-state index in [4.69, 9.17) is 16.3 Å². The van der Waals surface area contributed by atoms with E-state index in [2.05, 4.69) is 15.5 Å². The van der Waals surface area contributed by atoms with Gasteiger partial charge in [-0.25, -0.2) is 0 Å². The summed E-state index contributed by atoms with van der Waals surface area (Å²) < 4.78 is 38.9. The number of ether oxygens (including phenoxy) is 1. The van der Waals surface area contributed by atoms with Crippen molar-refractivity contribution in [2.24, 2.45) is 10.2 Å². The molecular formula is C27H24ClN3O6S. The van der Waals surface area contributed by atoms with Crippen molar-refractivity contribution in [3.8, 4) is 11.5 Å². The molecule has 0 aromatic heterocycles. The molecule has 9 nitrogen and oxygen atoms in total. The van der Waals surface area contributed by atoms with Crippen LogP contribution in [0.15, 0.2) is 81.9 Å². The van der Waals surface area contributed by atoms with Crippen LogP contribution in [0.2, 0.25) is 5.02 Å². The SMILES string of the molecule is CCOc1ccc(NC(=O)c2cc3ccccc3c(N=Nc3ccc(CC)c(S(=O)(=O)O)c3Cl)c2O)cc1. The van der Waals surface area contributed by atoms with E-state index in [0.717, 1.165) is 0 Å². The van der Waals surface area contributed by atoms with Crippen molar-refractivity contribution in [1.29, 1.82) is 0 Å². The lowest BCUT2D eigenvalue weighted by Crippen LogP contribution is -2.12. The maximum Gasteiger partial charge on any atom is 0.296 e. The van der Waals surface area contributed by atoms with Gasteiger partial charge >= 0.3 is 0 Å². The second-order valence-electron chi connectivity index (χ2n) is 8.17. The quantitative estimate of drug-likeness (QED) is 0.157. The van der Waals surface area contributed by atoms with Crippen molar-refractivity contribution in [3.63, 3.8) is 0 Å². The number of nitrogens with zero attached hydrogens (tertiary/aromatic N) is 2. The number of anilines is 1. The van der Waals surface area contributed by atoms with Crippen molar-refractivity contribution in [2.45, 2.75) is 25.2 Å². The molecule has 0 atom stereocenters.